The molecule has 0 bridgehead atoms. The fourth-order valence-corrected chi connectivity index (χ4v) is 2.22. The molecule has 0 spiro atoms. The first-order valence-electron chi connectivity index (χ1n) is 5.91. The summed E-state index contributed by atoms with van der Waals surface area (Å²) in [5.74, 6) is 0. The molecular formula is C16H17NS. The van der Waals surface area contributed by atoms with Crippen LogP contribution in [0.15, 0.2) is 53.9 Å². The van der Waals surface area contributed by atoms with Crippen LogP contribution >= 0.6 is 11.3 Å². The standard InChI is InChI=1S/C16H17NS/c1-17(2)15-11-9-14(10-12-15)6-3-4-7-16-8-5-13-18-16/h3-13H,1-2H3/b6-3+,7-4+. The maximum atomic E-state index is 2.13. The SMILES string of the molecule is CN(C)c1ccc(/C=C/C=C/c2cccs2)cc1. The summed E-state index contributed by atoms with van der Waals surface area (Å²) in [6.07, 6.45) is 8.38. The molecule has 1 nitrogen and oxygen atoms in total. The summed E-state index contributed by atoms with van der Waals surface area (Å²) >= 11 is 1.75. The van der Waals surface area contributed by atoms with E-state index in [2.05, 4.69) is 85.1 Å². The van der Waals surface area contributed by atoms with E-state index in [1.807, 2.05) is 0 Å². The van der Waals surface area contributed by atoms with E-state index in [0.29, 0.717) is 0 Å². The maximum absolute atomic E-state index is 2.13. The molecule has 0 N–H and O–H groups in total. The molecule has 1 heterocycles. The van der Waals surface area contributed by atoms with Gasteiger partial charge in [-0.25, -0.2) is 0 Å². The van der Waals surface area contributed by atoms with Crippen molar-refractivity contribution in [3.63, 3.8) is 0 Å². The second-order valence-corrected chi connectivity index (χ2v) is 5.20. The van der Waals surface area contributed by atoms with Crippen LogP contribution in [0.25, 0.3) is 12.2 Å². The van der Waals surface area contributed by atoms with Crippen LogP contribution in [0.2, 0.25) is 0 Å². The molecule has 1 aromatic heterocycles. The fraction of sp³-hybridized carbons (Fsp3) is 0.125. The van der Waals surface area contributed by atoms with Crippen molar-refractivity contribution in [3.05, 3.63) is 64.4 Å². The summed E-state index contributed by atoms with van der Waals surface area (Å²) in [7, 11) is 4.10. The summed E-state index contributed by atoms with van der Waals surface area (Å²) in [6.45, 7) is 0. The highest BCUT2D eigenvalue weighted by Crippen LogP contribution is 2.14. The predicted octanol–water partition coefficient (Wildman–Crippen LogP) is 4.54. The lowest BCUT2D eigenvalue weighted by atomic mass is 10.2. The maximum Gasteiger partial charge on any atom is 0.0361 e. The summed E-state index contributed by atoms with van der Waals surface area (Å²) in [4.78, 5) is 3.38. The second kappa shape index (κ2) is 6.22. The van der Waals surface area contributed by atoms with Gasteiger partial charge in [0.25, 0.3) is 0 Å². The zero-order valence-electron chi connectivity index (χ0n) is 10.7. The van der Waals surface area contributed by atoms with Crippen molar-refractivity contribution in [2.24, 2.45) is 0 Å². The van der Waals surface area contributed by atoms with Gasteiger partial charge in [0, 0.05) is 24.7 Å². The van der Waals surface area contributed by atoms with Crippen LogP contribution in [0, 0.1) is 0 Å². The number of hydrogen-bond acceptors (Lipinski definition) is 2. The first kappa shape index (κ1) is 12.7. The Balaban J connectivity index is 1.97. The molecule has 0 saturated heterocycles. The summed E-state index contributed by atoms with van der Waals surface area (Å²) in [5.41, 5.74) is 2.44. The van der Waals surface area contributed by atoms with Crippen LogP contribution in [0.3, 0.4) is 0 Å². The van der Waals surface area contributed by atoms with Crippen LogP contribution < -0.4 is 4.90 Å². The van der Waals surface area contributed by atoms with E-state index in [1.54, 1.807) is 11.3 Å². The number of nitrogens with zero attached hydrogens (tertiary/aromatic N) is 1. The molecule has 2 rings (SSSR count). The Labute approximate surface area is 113 Å². The van der Waals surface area contributed by atoms with Gasteiger partial charge in [-0.2, -0.15) is 0 Å². The van der Waals surface area contributed by atoms with Gasteiger partial charge in [-0.3, -0.25) is 0 Å². The Morgan fingerprint density at radius 2 is 1.67 bits per heavy atom. The van der Waals surface area contributed by atoms with Crippen LogP contribution in [0.5, 0.6) is 0 Å². The van der Waals surface area contributed by atoms with Gasteiger partial charge in [-0.15, -0.1) is 11.3 Å². The van der Waals surface area contributed by atoms with Crippen LogP contribution in [0.4, 0.5) is 5.69 Å². The van der Waals surface area contributed by atoms with Gasteiger partial charge in [0.15, 0.2) is 0 Å². The zero-order chi connectivity index (χ0) is 12.8. The smallest absolute Gasteiger partial charge is 0.0361 e. The van der Waals surface area contributed by atoms with Crippen molar-refractivity contribution in [3.8, 4) is 0 Å². The minimum atomic E-state index is 1.22. The van der Waals surface area contributed by atoms with E-state index in [0.717, 1.165) is 0 Å². The van der Waals surface area contributed by atoms with E-state index in [1.165, 1.54) is 16.1 Å². The van der Waals surface area contributed by atoms with Gasteiger partial charge in [-0.05, 0) is 35.2 Å². The van der Waals surface area contributed by atoms with E-state index in [9.17, 15) is 0 Å². The van der Waals surface area contributed by atoms with Crippen LogP contribution in [-0.2, 0) is 0 Å². The van der Waals surface area contributed by atoms with Gasteiger partial charge >= 0.3 is 0 Å². The molecule has 0 aliphatic carbocycles. The Hall–Kier alpha value is -1.80. The highest BCUT2D eigenvalue weighted by Gasteiger charge is 1.92. The molecule has 18 heavy (non-hydrogen) atoms. The first-order valence-corrected chi connectivity index (χ1v) is 6.79. The van der Waals surface area contributed by atoms with E-state index >= 15 is 0 Å². The van der Waals surface area contributed by atoms with Gasteiger partial charge in [0.05, 0.1) is 0 Å². The van der Waals surface area contributed by atoms with Crippen molar-refractivity contribution in [2.75, 3.05) is 19.0 Å². The molecule has 2 aromatic rings. The third-order valence-corrected chi connectivity index (χ3v) is 3.45. The van der Waals surface area contributed by atoms with E-state index in [-0.39, 0.29) is 0 Å². The van der Waals surface area contributed by atoms with Crippen molar-refractivity contribution in [2.45, 2.75) is 0 Å². The molecule has 0 aliphatic rings. The topological polar surface area (TPSA) is 3.24 Å². The van der Waals surface area contributed by atoms with Crippen molar-refractivity contribution >= 4 is 29.2 Å². The number of allylic oxidation sites excluding steroid dienone is 2. The quantitative estimate of drug-likeness (QED) is 0.725. The Bertz CT molecular complexity index is 519. The molecule has 0 saturated carbocycles. The van der Waals surface area contributed by atoms with E-state index < -0.39 is 0 Å². The van der Waals surface area contributed by atoms with Gasteiger partial charge in [-0.1, -0.05) is 36.4 Å². The number of anilines is 1. The van der Waals surface area contributed by atoms with E-state index in [4.69, 9.17) is 0 Å². The van der Waals surface area contributed by atoms with Crippen molar-refractivity contribution < 1.29 is 0 Å². The molecule has 0 unspecified atom stereocenters. The van der Waals surface area contributed by atoms with Crippen LogP contribution in [-0.4, -0.2) is 14.1 Å². The molecule has 0 radical (unpaired) electrons. The Morgan fingerprint density at radius 1 is 0.944 bits per heavy atom. The molecule has 1 aromatic carbocycles. The lowest BCUT2D eigenvalue weighted by Gasteiger charge is -2.11. The number of rotatable bonds is 4. The molecular weight excluding hydrogens is 238 g/mol. The van der Waals surface area contributed by atoms with Gasteiger partial charge in [0.1, 0.15) is 0 Å². The average molecular weight is 255 g/mol. The molecule has 0 atom stereocenters. The zero-order valence-corrected chi connectivity index (χ0v) is 11.5. The predicted molar refractivity (Wildman–Crippen MR) is 83.2 cm³/mol. The summed E-state index contributed by atoms with van der Waals surface area (Å²) in [6, 6.07) is 12.7. The van der Waals surface area contributed by atoms with Crippen LogP contribution in [0.1, 0.15) is 10.4 Å². The second-order valence-electron chi connectivity index (χ2n) is 4.22. The first-order chi connectivity index (χ1) is 8.75. The summed E-state index contributed by atoms with van der Waals surface area (Å²) < 4.78 is 0. The lowest BCUT2D eigenvalue weighted by Crippen LogP contribution is -2.07. The third kappa shape index (κ3) is 3.60. The molecule has 0 amide bonds. The minimum absolute atomic E-state index is 1.22. The highest BCUT2D eigenvalue weighted by atomic mass is 32.1. The fourth-order valence-electron chi connectivity index (χ4n) is 1.59. The Morgan fingerprint density at radius 3 is 2.28 bits per heavy atom. The third-order valence-electron chi connectivity index (χ3n) is 2.61. The Kier molecular flexibility index (Phi) is 4.37. The number of hydrogen-bond donors (Lipinski definition) is 0. The monoisotopic (exact) mass is 255 g/mol. The normalized spacial score (nSPS) is 11.4. The average Bonchev–Trinajstić information content (AvgIpc) is 2.88. The van der Waals surface area contributed by atoms with Gasteiger partial charge in [0.2, 0.25) is 0 Å². The highest BCUT2D eigenvalue weighted by molar-refractivity contribution is 7.10. The van der Waals surface area contributed by atoms with Gasteiger partial charge < -0.3 is 4.90 Å². The molecule has 92 valence electrons. The molecule has 0 aliphatic heterocycles. The van der Waals surface area contributed by atoms with Crippen molar-refractivity contribution in [1.82, 2.24) is 0 Å². The summed E-state index contributed by atoms with van der Waals surface area (Å²) in [5, 5.41) is 2.09. The minimum Gasteiger partial charge on any atom is -0.378 e. The number of benzene rings is 1. The molecule has 2 heteroatoms. The number of thiophene rings is 1. The van der Waals surface area contributed by atoms with Crippen molar-refractivity contribution in [1.29, 1.82) is 0 Å². The largest absolute Gasteiger partial charge is 0.378 e. The molecule has 0 fully saturated rings. The lowest BCUT2D eigenvalue weighted by molar-refractivity contribution is 1.13.